The van der Waals surface area contributed by atoms with E-state index in [9.17, 15) is 9.59 Å². The molecule has 1 heterocycles. The number of carbonyl (C=O) groups excluding carboxylic acids is 2. The van der Waals surface area contributed by atoms with Gasteiger partial charge in [0.05, 0.1) is 0 Å². The molecule has 4 heteroatoms. The van der Waals surface area contributed by atoms with Crippen molar-refractivity contribution in [2.45, 2.75) is 82.3 Å². The van der Waals surface area contributed by atoms with Crippen LogP contribution in [-0.2, 0) is 9.59 Å². The summed E-state index contributed by atoms with van der Waals surface area (Å²) in [5, 5.41) is 2.91. The summed E-state index contributed by atoms with van der Waals surface area (Å²) in [7, 11) is 0. The van der Waals surface area contributed by atoms with Gasteiger partial charge in [-0.15, -0.1) is 0 Å². The van der Waals surface area contributed by atoms with Crippen LogP contribution in [0.4, 0.5) is 0 Å². The van der Waals surface area contributed by atoms with Crippen molar-refractivity contribution < 1.29 is 9.59 Å². The molecule has 1 unspecified atom stereocenters. The van der Waals surface area contributed by atoms with E-state index in [1.54, 1.807) is 0 Å². The van der Waals surface area contributed by atoms with Crippen molar-refractivity contribution in [3.05, 3.63) is 0 Å². The maximum atomic E-state index is 12.6. The Labute approximate surface area is 114 Å². The van der Waals surface area contributed by atoms with Gasteiger partial charge >= 0.3 is 0 Å². The van der Waals surface area contributed by atoms with E-state index in [-0.39, 0.29) is 17.9 Å². The van der Waals surface area contributed by atoms with E-state index in [2.05, 4.69) is 5.32 Å². The summed E-state index contributed by atoms with van der Waals surface area (Å²) in [5.74, 6) is 0.250. The van der Waals surface area contributed by atoms with Crippen molar-refractivity contribution in [1.82, 2.24) is 10.2 Å². The van der Waals surface area contributed by atoms with Gasteiger partial charge in [0.1, 0.15) is 11.6 Å². The molecule has 106 valence electrons. The molecule has 0 radical (unpaired) electrons. The van der Waals surface area contributed by atoms with Crippen molar-refractivity contribution in [2.75, 3.05) is 0 Å². The van der Waals surface area contributed by atoms with Crippen LogP contribution in [0, 0.1) is 0 Å². The van der Waals surface area contributed by atoms with Crippen LogP contribution in [-0.4, -0.2) is 34.3 Å². The molecule has 2 aliphatic carbocycles. The second-order valence-electron chi connectivity index (χ2n) is 6.43. The molecule has 1 spiro atoms. The maximum Gasteiger partial charge on any atom is 0.246 e. The molecule has 2 amide bonds. The van der Waals surface area contributed by atoms with E-state index < -0.39 is 5.54 Å². The molecule has 4 nitrogen and oxygen atoms in total. The van der Waals surface area contributed by atoms with Crippen molar-refractivity contribution in [1.29, 1.82) is 0 Å². The van der Waals surface area contributed by atoms with Gasteiger partial charge in [-0.05, 0) is 32.6 Å². The largest absolute Gasteiger partial charge is 0.343 e. The molecule has 1 aliphatic heterocycles. The average Bonchev–Trinajstić information content (AvgIpc) is 2.92. The van der Waals surface area contributed by atoms with E-state index in [0.29, 0.717) is 6.04 Å². The van der Waals surface area contributed by atoms with E-state index in [0.717, 1.165) is 38.5 Å². The standard InChI is InChI=1S/C15H24N2O2/c1-11-13(18)17(12-7-3-4-8-12)15(14(19)16-11)9-5-2-6-10-15/h11-12H,2-10H2,1H3,(H,16,19). The van der Waals surface area contributed by atoms with E-state index in [1.807, 2.05) is 11.8 Å². The van der Waals surface area contributed by atoms with Crippen LogP contribution in [0.2, 0.25) is 0 Å². The molecule has 1 N–H and O–H groups in total. The van der Waals surface area contributed by atoms with Gasteiger partial charge in [-0.2, -0.15) is 0 Å². The fourth-order valence-corrected chi connectivity index (χ4v) is 4.22. The van der Waals surface area contributed by atoms with Crippen LogP contribution in [0.1, 0.15) is 64.7 Å². The molecule has 1 saturated heterocycles. The number of carbonyl (C=O) groups is 2. The van der Waals surface area contributed by atoms with Gasteiger partial charge < -0.3 is 10.2 Å². The summed E-state index contributed by atoms with van der Waals surface area (Å²) >= 11 is 0. The quantitative estimate of drug-likeness (QED) is 0.787. The van der Waals surface area contributed by atoms with E-state index in [4.69, 9.17) is 0 Å². The van der Waals surface area contributed by atoms with Gasteiger partial charge in [0.2, 0.25) is 11.8 Å². The minimum Gasteiger partial charge on any atom is -0.343 e. The number of nitrogens with one attached hydrogen (secondary N) is 1. The summed E-state index contributed by atoms with van der Waals surface area (Å²) in [6.45, 7) is 1.82. The summed E-state index contributed by atoms with van der Waals surface area (Å²) in [6, 6.07) is -0.0419. The molecule has 0 bridgehead atoms. The minimum absolute atomic E-state index is 0.103. The van der Waals surface area contributed by atoms with Crippen LogP contribution in [0.25, 0.3) is 0 Å². The van der Waals surface area contributed by atoms with Gasteiger partial charge in [0.25, 0.3) is 0 Å². The van der Waals surface area contributed by atoms with Crippen LogP contribution < -0.4 is 5.32 Å². The third kappa shape index (κ3) is 1.96. The normalized spacial score (nSPS) is 31.8. The van der Waals surface area contributed by atoms with Gasteiger partial charge in [-0.25, -0.2) is 0 Å². The average molecular weight is 264 g/mol. The number of amides is 2. The van der Waals surface area contributed by atoms with Crippen molar-refractivity contribution >= 4 is 11.8 Å². The predicted octanol–water partition coefficient (Wildman–Crippen LogP) is 1.98. The second-order valence-corrected chi connectivity index (χ2v) is 6.43. The summed E-state index contributed by atoms with van der Waals surface area (Å²) in [5.41, 5.74) is -0.517. The monoisotopic (exact) mass is 264 g/mol. The molecule has 3 aliphatic rings. The lowest BCUT2D eigenvalue weighted by molar-refractivity contribution is -0.163. The Morgan fingerprint density at radius 3 is 2.32 bits per heavy atom. The maximum absolute atomic E-state index is 12.6. The molecule has 3 fully saturated rings. The van der Waals surface area contributed by atoms with Crippen LogP contribution in [0.15, 0.2) is 0 Å². The smallest absolute Gasteiger partial charge is 0.246 e. The highest BCUT2D eigenvalue weighted by Crippen LogP contribution is 2.41. The third-order valence-electron chi connectivity index (χ3n) is 5.21. The van der Waals surface area contributed by atoms with Crippen LogP contribution >= 0.6 is 0 Å². The highest BCUT2D eigenvalue weighted by molar-refractivity contribution is 5.99. The third-order valence-corrected chi connectivity index (χ3v) is 5.21. The molecular formula is C15H24N2O2. The van der Waals surface area contributed by atoms with Crippen LogP contribution in [0.5, 0.6) is 0 Å². The Kier molecular flexibility index (Phi) is 3.27. The van der Waals surface area contributed by atoms with Gasteiger partial charge in [0.15, 0.2) is 0 Å². The van der Waals surface area contributed by atoms with Crippen molar-refractivity contribution in [3.8, 4) is 0 Å². The highest BCUT2D eigenvalue weighted by atomic mass is 16.2. The first-order chi connectivity index (χ1) is 9.15. The fourth-order valence-electron chi connectivity index (χ4n) is 4.22. The zero-order valence-corrected chi connectivity index (χ0v) is 11.8. The lowest BCUT2D eigenvalue weighted by Crippen LogP contribution is -2.72. The first-order valence-corrected chi connectivity index (χ1v) is 7.79. The van der Waals surface area contributed by atoms with Crippen LogP contribution in [0.3, 0.4) is 0 Å². The first kappa shape index (κ1) is 12.9. The Morgan fingerprint density at radius 1 is 1.05 bits per heavy atom. The SMILES string of the molecule is CC1NC(=O)C2(CCCCC2)N(C2CCCC2)C1=O. The Bertz CT molecular complexity index is 382. The van der Waals surface area contributed by atoms with Gasteiger partial charge in [-0.3, -0.25) is 9.59 Å². The number of hydrogen-bond acceptors (Lipinski definition) is 2. The zero-order valence-electron chi connectivity index (χ0n) is 11.8. The number of piperazine rings is 1. The lowest BCUT2D eigenvalue weighted by Gasteiger charge is -2.52. The second kappa shape index (κ2) is 4.80. The van der Waals surface area contributed by atoms with E-state index >= 15 is 0 Å². The topological polar surface area (TPSA) is 49.4 Å². The lowest BCUT2D eigenvalue weighted by atomic mass is 9.76. The Morgan fingerprint density at radius 2 is 1.68 bits per heavy atom. The molecule has 3 rings (SSSR count). The Balaban J connectivity index is 1.96. The first-order valence-electron chi connectivity index (χ1n) is 7.79. The number of rotatable bonds is 1. The molecule has 2 saturated carbocycles. The predicted molar refractivity (Wildman–Crippen MR) is 72.5 cm³/mol. The summed E-state index contributed by atoms with van der Waals surface area (Å²) in [6.07, 6.45) is 9.58. The van der Waals surface area contributed by atoms with Gasteiger partial charge in [0, 0.05) is 6.04 Å². The molecular weight excluding hydrogens is 240 g/mol. The molecule has 19 heavy (non-hydrogen) atoms. The fraction of sp³-hybridized carbons (Fsp3) is 0.867. The molecule has 1 atom stereocenters. The number of hydrogen-bond donors (Lipinski definition) is 1. The molecule has 0 aromatic carbocycles. The molecule has 0 aromatic rings. The zero-order chi connectivity index (χ0) is 13.5. The van der Waals surface area contributed by atoms with Gasteiger partial charge in [-0.1, -0.05) is 32.1 Å². The number of nitrogens with zero attached hydrogens (tertiary/aromatic N) is 1. The van der Waals surface area contributed by atoms with Crippen molar-refractivity contribution in [3.63, 3.8) is 0 Å². The Hall–Kier alpha value is -1.06. The summed E-state index contributed by atoms with van der Waals surface area (Å²) < 4.78 is 0. The minimum atomic E-state index is -0.517. The van der Waals surface area contributed by atoms with E-state index in [1.165, 1.54) is 19.3 Å². The highest BCUT2D eigenvalue weighted by Gasteiger charge is 2.54. The van der Waals surface area contributed by atoms with Crippen molar-refractivity contribution in [2.24, 2.45) is 0 Å². The summed E-state index contributed by atoms with van der Waals surface area (Å²) in [4.78, 5) is 27.2. The molecule has 0 aromatic heterocycles.